The molecule has 0 bridgehead atoms. The molecule has 16 heavy (non-hydrogen) atoms. The van der Waals surface area contributed by atoms with Crippen LogP contribution in [0.25, 0.3) is 0 Å². The molecule has 0 aromatic carbocycles. The summed E-state index contributed by atoms with van der Waals surface area (Å²) in [5.41, 5.74) is -0.428. The van der Waals surface area contributed by atoms with Gasteiger partial charge in [0.25, 0.3) is 0 Å². The summed E-state index contributed by atoms with van der Waals surface area (Å²) in [6.45, 7) is 7.54. The van der Waals surface area contributed by atoms with Crippen molar-refractivity contribution in [2.75, 3.05) is 0 Å². The second-order valence-electron chi connectivity index (χ2n) is 5.81. The van der Waals surface area contributed by atoms with E-state index >= 15 is 0 Å². The maximum Gasteiger partial charge on any atom is 0.306 e. The number of esters is 1. The van der Waals surface area contributed by atoms with Crippen LogP contribution >= 0.6 is 0 Å². The van der Waals surface area contributed by atoms with Crippen LogP contribution in [0.2, 0.25) is 0 Å². The summed E-state index contributed by atoms with van der Waals surface area (Å²) >= 11 is 0. The van der Waals surface area contributed by atoms with Crippen molar-refractivity contribution in [3.05, 3.63) is 0 Å². The first kappa shape index (κ1) is 13.2. The van der Waals surface area contributed by atoms with Gasteiger partial charge in [-0.05, 0) is 39.5 Å². The van der Waals surface area contributed by atoms with E-state index in [1.165, 1.54) is 0 Å². The monoisotopic (exact) mass is 226 g/mol. The third kappa shape index (κ3) is 4.33. The Morgan fingerprint density at radius 1 is 1.38 bits per heavy atom. The first-order chi connectivity index (χ1) is 7.28. The number of Topliss-reactive ketones (excluding diaryl/α,β-unsaturated/α-hetero) is 1. The quantitative estimate of drug-likeness (QED) is 0.680. The van der Waals surface area contributed by atoms with Crippen molar-refractivity contribution >= 4 is 11.8 Å². The Hall–Kier alpha value is -0.860. The molecule has 1 aliphatic carbocycles. The minimum absolute atomic E-state index is 0.176. The van der Waals surface area contributed by atoms with Gasteiger partial charge in [-0.1, -0.05) is 6.92 Å². The van der Waals surface area contributed by atoms with Crippen LogP contribution in [0.3, 0.4) is 0 Å². The molecule has 0 aromatic rings. The third-order valence-corrected chi connectivity index (χ3v) is 2.92. The maximum atomic E-state index is 11.6. The zero-order valence-electron chi connectivity index (χ0n) is 10.7. The van der Waals surface area contributed by atoms with Gasteiger partial charge in [0, 0.05) is 18.8 Å². The van der Waals surface area contributed by atoms with Gasteiger partial charge in [0.2, 0.25) is 0 Å². The minimum Gasteiger partial charge on any atom is -0.460 e. The van der Waals surface area contributed by atoms with E-state index in [2.05, 4.69) is 0 Å². The van der Waals surface area contributed by atoms with Gasteiger partial charge in [0.1, 0.15) is 11.4 Å². The molecule has 0 saturated heterocycles. The summed E-state index contributed by atoms with van der Waals surface area (Å²) in [6, 6.07) is 0. The van der Waals surface area contributed by atoms with E-state index < -0.39 is 5.60 Å². The van der Waals surface area contributed by atoms with Gasteiger partial charge in [-0.15, -0.1) is 0 Å². The van der Waals surface area contributed by atoms with Crippen molar-refractivity contribution in [2.45, 2.75) is 59.0 Å². The Bertz CT molecular complexity index is 275. The van der Waals surface area contributed by atoms with Gasteiger partial charge in [-0.3, -0.25) is 9.59 Å². The van der Waals surface area contributed by atoms with Gasteiger partial charge in [0.05, 0.1) is 0 Å². The van der Waals surface area contributed by atoms with E-state index in [9.17, 15) is 9.59 Å². The Morgan fingerprint density at radius 3 is 2.50 bits per heavy atom. The second-order valence-corrected chi connectivity index (χ2v) is 5.81. The van der Waals surface area contributed by atoms with Crippen molar-refractivity contribution < 1.29 is 14.3 Å². The van der Waals surface area contributed by atoms with Gasteiger partial charge in [-0.2, -0.15) is 0 Å². The zero-order valence-corrected chi connectivity index (χ0v) is 10.7. The van der Waals surface area contributed by atoms with Crippen LogP contribution in [0.1, 0.15) is 53.4 Å². The van der Waals surface area contributed by atoms with Crippen LogP contribution in [0.5, 0.6) is 0 Å². The summed E-state index contributed by atoms with van der Waals surface area (Å²) in [4.78, 5) is 23.1. The smallest absolute Gasteiger partial charge is 0.306 e. The van der Waals surface area contributed by atoms with Crippen molar-refractivity contribution in [1.29, 1.82) is 0 Å². The summed E-state index contributed by atoms with van der Waals surface area (Å²) in [5, 5.41) is 0. The van der Waals surface area contributed by atoms with Gasteiger partial charge >= 0.3 is 5.97 Å². The molecule has 0 amide bonds. The highest BCUT2D eigenvalue weighted by Gasteiger charge is 2.28. The van der Waals surface area contributed by atoms with Crippen LogP contribution in [0.15, 0.2) is 0 Å². The van der Waals surface area contributed by atoms with Crippen LogP contribution in [-0.4, -0.2) is 17.4 Å². The van der Waals surface area contributed by atoms with E-state index in [1.54, 1.807) is 0 Å². The van der Waals surface area contributed by atoms with Crippen molar-refractivity contribution in [3.8, 4) is 0 Å². The summed E-state index contributed by atoms with van der Waals surface area (Å²) in [5.74, 6) is 0.480. The molecule has 0 heterocycles. The van der Waals surface area contributed by atoms with E-state index in [4.69, 9.17) is 4.74 Å². The molecule has 2 atom stereocenters. The standard InChI is InChI=1S/C13H22O3/c1-9-5-6-10(7-11(9)14)8-12(15)16-13(2,3)4/h9-10H,5-8H2,1-4H3. The molecule has 0 spiro atoms. The van der Waals surface area contributed by atoms with Crippen LogP contribution in [0, 0.1) is 11.8 Å². The molecule has 2 unspecified atom stereocenters. The van der Waals surface area contributed by atoms with E-state index in [0.29, 0.717) is 18.6 Å². The number of ketones is 1. The zero-order chi connectivity index (χ0) is 12.3. The maximum absolute atomic E-state index is 11.6. The topological polar surface area (TPSA) is 43.4 Å². The molecular formula is C13H22O3. The average Bonchev–Trinajstić information content (AvgIpc) is 2.08. The van der Waals surface area contributed by atoms with Gasteiger partial charge in [0.15, 0.2) is 0 Å². The highest BCUT2D eigenvalue weighted by Crippen LogP contribution is 2.28. The fourth-order valence-electron chi connectivity index (χ4n) is 2.03. The van der Waals surface area contributed by atoms with Crippen LogP contribution < -0.4 is 0 Å². The van der Waals surface area contributed by atoms with Crippen molar-refractivity contribution in [2.24, 2.45) is 11.8 Å². The third-order valence-electron chi connectivity index (χ3n) is 2.92. The van der Waals surface area contributed by atoms with Crippen LogP contribution in [0.4, 0.5) is 0 Å². The fourth-order valence-corrected chi connectivity index (χ4v) is 2.03. The number of rotatable bonds is 2. The van der Waals surface area contributed by atoms with E-state index in [0.717, 1.165) is 12.8 Å². The second kappa shape index (κ2) is 4.98. The first-order valence-corrected chi connectivity index (χ1v) is 6.02. The first-order valence-electron chi connectivity index (χ1n) is 6.02. The Kier molecular flexibility index (Phi) is 4.11. The summed E-state index contributed by atoms with van der Waals surface area (Å²) in [6.07, 6.45) is 2.80. The molecule has 0 aliphatic heterocycles. The molecule has 0 radical (unpaired) electrons. The SMILES string of the molecule is CC1CCC(CC(=O)OC(C)(C)C)CC1=O. The number of carbonyl (C=O) groups is 2. The number of hydrogen-bond donors (Lipinski definition) is 0. The molecule has 1 rings (SSSR count). The van der Waals surface area contributed by atoms with Crippen molar-refractivity contribution in [3.63, 3.8) is 0 Å². The molecule has 3 heteroatoms. The Balaban J connectivity index is 2.38. The lowest BCUT2D eigenvalue weighted by Gasteiger charge is -2.26. The highest BCUT2D eigenvalue weighted by atomic mass is 16.6. The molecule has 0 N–H and O–H groups in total. The van der Waals surface area contributed by atoms with Crippen LogP contribution in [-0.2, 0) is 14.3 Å². The average molecular weight is 226 g/mol. The predicted octanol–water partition coefficient (Wildman–Crippen LogP) is 2.72. The van der Waals surface area contributed by atoms with Gasteiger partial charge in [-0.25, -0.2) is 0 Å². The lowest BCUT2D eigenvalue weighted by molar-refractivity contribution is -0.156. The lowest BCUT2D eigenvalue weighted by atomic mass is 9.80. The van der Waals surface area contributed by atoms with E-state index in [1.807, 2.05) is 27.7 Å². The molecule has 0 aromatic heterocycles. The summed E-state index contributed by atoms with van der Waals surface area (Å²) < 4.78 is 5.25. The Morgan fingerprint density at radius 2 is 2.00 bits per heavy atom. The molecule has 92 valence electrons. The lowest BCUT2D eigenvalue weighted by Crippen LogP contribution is -2.28. The number of hydrogen-bond acceptors (Lipinski definition) is 3. The van der Waals surface area contributed by atoms with Crippen molar-refractivity contribution in [1.82, 2.24) is 0 Å². The number of carbonyl (C=O) groups excluding carboxylic acids is 2. The molecule has 1 saturated carbocycles. The van der Waals surface area contributed by atoms with E-state index in [-0.39, 0.29) is 17.8 Å². The largest absolute Gasteiger partial charge is 0.460 e. The van der Waals surface area contributed by atoms with Gasteiger partial charge < -0.3 is 4.74 Å². The molecular weight excluding hydrogens is 204 g/mol. The Labute approximate surface area is 97.5 Å². The number of ether oxygens (including phenoxy) is 1. The normalized spacial score (nSPS) is 26.6. The molecule has 1 aliphatic rings. The highest BCUT2D eigenvalue weighted by molar-refractivity contribution is 5.82. The summed E-state index contributed by atoms with van der Waals surface area (Å²) in [7, 11) is 0. The minimum atomic E-state index is -0.428. The molecule has 1 fully saturated rings. The fraction of sp³-hybridized carbons (Fsp3) is 0.846. The molecule has 3 nitrogen and oxygen atoms in total. The predicted molar refractivity (Wildman–Crippen MR) is 62.0 cm³/mol.